The molecule has 0 unspecified atom stereocenters. The van der Waals surface area contributed by atoms with E-state index in [1.54, 1.807) is 44.5 Å². The molecular weight excluding hydrogens is 280 g/mol. The molecule has 2 aromatic rings. The molecule has 0 heterocycles. The van der Waals surface area contributed by atoms with Crippen molar-refractivity contribution in [3.8, 4) is 5.75 Å². The lowest BCUT2D eigenvalue weighted by Crippen LogP contribution is -2.21. The van der Waals surface area contributed by atoms with E-state index >= 15 is 0 Å². The van der Waals surface area contributed by atoms with E-state index < -0.39 is 0 Å². The fourth-order valence-corrected chi connectivity index (χ4v) is 2.02. The molecule has 0 spiro atoms. The zero-order valence-corrected chi connectivity index (χ0v) is 12.6. The Morgan fingerprint density at radius 2 is 1.86 bits per heavy atom. The van der Waals surface area contributed by atoms with Crippen molar-refractivity contribution in [1.82, 2.24) is 5.32 Å². The molecule has 0 radical (unpaired) electrons. The fourth-order valence-electron chi connectivity index (χ4n) is 2.02. The Kier molecular flexibility index (Phi) is 5.14. The summed E-state index contributed by atoms with van der Waals surface area (Å²) in [7, 11) is 3.13. The highest BCUT2D eigenvalue weighted by Crippen LogP contribution is 2.18. The van der Waals surface area contributed by atoms with Crippen molar-refractivity contribution < 1.29 is 14.3 Å². The molecule has 0 aromatic heterocycles. The molecular formula is C17H18N2O3. The number of anilines is 1. The van der Waals surface area contributed by atoms with Gasteiger partial charge in [-0.25, -0.2) is 0 Å². The molecule has 22 heavy (non-hydrogen) atoms. The standard InChI is InChI=1S/C17H18N2O3/c1-18-16(20)11-12-6-3-4-9-15(12)19-17(21)13-7-5-8-14(10-13)22-2/h3-10H,11H2,1-2H3,(H,18,20)(H,19,21). The fraction of sp³-hybridized carbons (Fsp3) is 0.176. The third kappa shape index (κ3) is 3.85. The van der Waals surface area contributed by atoms with Crippen LogP contribution in [0.2, 0.25) is 0 Å². The second-order valence-electron chi connectivity index (χ2n) is 4.69. The van der Waals surface area contributed by atoms with Gasteiger partial charge in [0.25, 0.3) is 5.91 Å². The van der Waals surface area contributed by atoms with Crippen LogP contribution in [0.3, 0.4) is 0 Å². The number of hydrogen-bond donors (Lipinski definition) is 2. The molecule has 0 bridgehead atoms. The lowest BCUT2D eigenvalue weighted by molar-refractivity contribution is -0.119. The van der Waals surface area contributed by atoms with Crippen LogP contribution in [0, 0.1) is 0 Å². The zero-order valence-electron chi connectivity index (χ0n) is 12.6. The normalized spacial score (nSPS) is 9.91. The molecule has 0 saturated heterocycles. The third-order valence-electron chi connectivity index (χ3n) is 3.23. The van der Waals surface area contributed by atoms with Gasteiger partial charge in [0, 0.05) is 18.3 Å². The molecule has 0 aliphatic heterocycles. The minimum absolute atomic E-state index is 0.108. The van der Waals surface area contributed by atoms with Gasteiger partial charge < -0.3 is 15.4 Å². The van der Waals surface area contributed by atoms with Crippen LogP contribution < -0.4 is 15.4 Å². The maximum atomic E-state index is 12.3. The number of carbonyl (C=O) groups excluding carboxylic acids is 2. The average Bonchev–Trinajstić information content (AvgIpc) is 2.56. The number of likely N-dealkylation sites (N-methyl/N-ethyl adjacent to an activating group) is 1. The van der Waals surface area contributed by atoms with E-state index in [4.69, 9.17) is 4.74 Å². The lowest BCUT2D eigenvalue weighted by Gasteiger charge is -2.11. The van der Waals surface area contributed by atoms with Crippen LogP contribution in [0.5, 0.6) is 5.75 Å². The Morgan fingerprint density at radius 1 is 1.09 bits per heavy atom. The Balaban J connectivity index is 2.19. The van der Waals surface area contributed by atoms with Crippen molar-refractivity contribution in [2.75, 3.05) is 19.5 Å². The molecule has 0 fully saturated rings. The average molecular weight is 298 g/mol. The molecule has 5 nitrogen and oxygen atoms in total. The van der Waals surface area contributed by atoms with E-state index in [1.807, 2.05) is 18.2 Å². The SMILES string of the molecule is CNC(=O)Cc1ccccc1NC(=O)c1cccc(OC)c1. The molecule has 2 N–H and O–H groups in total. The molecule has 114 valence electrons. The van der Waals surface area contributed by atoms with Gasteiger partial charge in [-0.1, -0.05) is 24.3 Å². The first kappa shape index (κ1) is 15.6. The van der Waals surface area contributed by atoms with Crippen LogP contribution in [0.25, 0.3) is 0 Å². The summed E-state index contributed by atoms with van der Waals surface area (Å²) in [6.07, 6.45) is 0.213. The van der Waals surface area contributed by atoms with Crippen molar-refractivity contribution in [2.45, 2.75) is 6.42 Å². The highest BCUT2D eigenvalue weighted by Gasteiger charge is 2.11. The van der Waals surface area contributed by atoms with Gasteiger partial charge in [0.15, 0.2) is 0 Å². The predicted octanol–water partition coefficient (Wildman–Crippen LogP) is 2.24. The molecule has 5 heteroatoms. The van der Waals surface area contributed by atoms with Gasteiger partial charge >= 0.3 is 0 Å². The number of ether oxygens (including phenoxy) is 1. The van der Waals surface area contributed by atoms with E-state index in [2.05, 4.69) is 10.6 Å². The van der Waals surface area contributed by atoms with Crippen LogP contribution >= 0.6 is 0 Å². The Labute approximate surface area is 129 Å². The quantitative estimate of drug-likeness (QED) is 0.889. The van der Waals surface area contributed by atoms with Crippen molar-refractivity contribution in [3.05, 3.63) is 59.7 Å². The third-order valence-corrected chi connectivity index (χ3v) is 3.23. The molecule has 0 atom stereocenters. The van der Waals surface area contributed by atoms with Crippen LogP contribution in [-0.4, -0.2) is 26.0 Å². The minimum Gasteiger partial charge on any atom is -0.497 e. The summed E-state index contributed by atoms with van der Waals surface area (Å²) in [6.45, 7) is 0. The first-order valence-electron chi connectivity index (χ1n) is 6.88. The highest BCUT2D eigenvalue weighted by atomic mass is 16.5. The summed E-state index contributed by atoms with van der Waals surface area (Å²) in [4.78, 5) is 23.9. The highest BCUT2D eigenvalue weighted by molar-refractivity contribution is 6.05. The number of methoxy groups -OCH3 is 1. The van der Waals surface area contributed by atoms with Crippen LogP contribution in [0.1, 0.15) is 15.9 Å². The predicted molar refractivity (Wildman–Crippen MR) is 85.2 cm³/mol. The van der Waals surface area contributed by atoms with E-state index in [1.165, 1.54) is 0 Å². The molecule has 2 aromatic carbocycles. The van der Waals surface area contributed by atoms with Crippen LogP contribution in [-0.2, 0) is 11.2 Å². The van der Waals surface area contributed by atoms with Crippen molar-refractivity contribution in [3.63, 3.8) is 0 Å². The number of rotatable bonds is 5. The van der Waals surface area contributed by atoms with Crippen molar-refractivity contribution >= 4 is 17.5 Å². The summed E-state index contributed by atoms with van der Waals surface area (Å²) in [5, 5.41) is 5.41. The van der Waals surface area contributed by atoms with Gasteiger partial charge in [-0.2, -0.15) is 0 Å². The Hall–Kier alpha value is -2.82. The van der Waals surface area contributed by atoms with Gasteiger partial charge in [0.05, 0.1) is 13.5 Å². The monoisotopic (exact) mass is 298 g/mol. The number of benzene rings is 2. The number of hydrogen-bond acceptors (Lipinski definition) is 3. The maximum Gasteiger partial charge on any atom is 0.255 e. The molecule has 2 amide bonds. The summed E-state index contributed by atoms with van der Waals surface area (Å²) in [6, 6.07) is 14.1. The van der Waals surface area contributed by atoms with E-state index in [9.17, 15) is 9.59 Å². The number of carbonyl (C=O) groups is 2. The van der Waals surface area contributed by atoms with Crippen LogP contribution in [0.4, 0.5) is 5.69 Å². The van der Waals surface area contributed by atoms with Gasteiger partial charge in [-0.05, 0) is 29.8 Å². The smallest absolute Gasteiger partial charge is 0.255 e. The largest absolute Gasteiger partial charge is 0.497 e. The van der Waals surface area contributed by atoms with Gasteiger partial charge in [0.2, 0.25) is 5.91 Å². The molecule has 0 saturated carbocycles. The first-order valence-corrected chi connectivity index (χ1v) is 6.88. The zero-order chi connectivity index (χ0) is 15.9. The van der Waals surface area contributed by atoms with Gasteiger partial charge in [-0.15, -0.1) is 0 Å². The van der Waals surface area contributed by atoms with Gasteiger partial charge in [0.1, 0.15) is 5.75 Å². The second-order valence-corrected chi connectivity index (χ2v) is 4.69. The van der Waals surface area contributed by atoms with Crippen molar-refractivity contribution in [1.29, 1.82) is 0 Å². The topological polar surface area (TPSA) is 67.4 Å². The van der Waals surface area contributed by atoms with Crippen LogP contribution in [0.15, 0.2) is 48.5 Å². The van der Waals surface area contributed by atoms with E-state index in [0.29, 0.717) is 17.0 Å². The summed E-state index contributed by atoms with van der Waals surface area (Å²) < 4.78 is 5.11. The maximum absolute atomic E-state index is 12.3. The molecule has 0 aliphatic carbocycles. The van der Waals surface area contributed by atoms with E-state index in [-0.39, 0.29) is 18.2 Å². The number of amides is 2. The minimum atomic E-state index is -0.247. The Bertz CT molecular complexity index is 683. The van der Waals surface area contributed by atoms with Gasteiger partial charge in [-0.3, -0.25) is 9.59 Å². The number of nitrogens with one attached hydrogen (secondary N) is 2. The number of para-hydroxylation sites is 1. The Morgan fingerprint density at radius 3 is 2.59 bits per heavy atom. The van der Waals surface area contributed by atoms with E-state index in [0.717, 1.165) is 5.56 Å². The summed E-state index contributed by atoms with van der Waals surface area (Å²) in [5.41, 5.74) is 1.88. The summed E-state index contributed by atoms with van der Waals surface area (Å²) in [5.74, 6) is 0.262. The lowest BCUT2D eigenvalue weighted by atomic mass is 10.1. The second kappa shape index (κ2) is 7.26. The first-order chi connectivity index (χ1) is 10.6. The summed E-state index contributed by atoms with van der Waals surface area (Å²) >= 11 is 0. The van der Waals surface area contributed by atoms with Crippen molar-refractivity contribution in [2.24, 2.45) is 0 Å². The molecule has 0 aliphatic rings. The molecule has 2 rings (SSSR count).